The van der Waals surface area contributed by atoms with E-state index >= 15 is 0 Å². The number of benzene rings is 1. The second kappa shape index (κ2) is 4.61. The summed E-state index contributed by atoms with van der Waals surface area (Å²) in [5.74, 6) is 1.21. The molecule has 2 aliphatic rings. The lowest BCUT2D eigenvalue weighted by Crippen LogP contribution is -2.38. The van der Waals surface area contributed by atoms with Crippen LogP contribution < -0.4 is 0 Å². The van der Waals surface area contributed by atoms with E-state index in [1.165, 1.54) is 24.9 Å². The van der Waals surface area contributed by atoms with Crippen molar-refractivity contribution in [1.82, 2.24) is 4.90 Å². The number of piperidine rings is 1. The second-order valence-electron chi connectivity index (χ2n) is 5.43. The Balaban J connectivity index is 1.62. The summed E-state index contributed by atoms with van der Waals surface area (Å²) < 4.78 is 0. The molecule has 2 fully saturated rings. The summed E-state index contributed by atoms with van der Waals surface area (Å²) in [6.45, 7) is 2.18. The van der Waals surface area contributed by atoms with Crippen molar-refractivity contribution in [2.45, 2.75) is 31.7 Å². The van der Waals surface area contributed by atoms with Gasteiger partial charge in [0.2, 0.25) is 0 Å². The summed E-state index contributed by atoms with van der Waals surface area (Å²) in [7, 11) is 0. The fourth-order valence-corrected chi connectivity index (χ4v) is 3.30. The van der Waals surface area contributed by atoms with Crippen LogP contribution in [0.2, 0.25) is 0 Å². The van der Waals surface area contributed by atoms with Crippen molar-refractivity contribution in [3.63, 3.8) is 0 Å². The normalized spacial score (nSPS) is 29.3. The molecule has 2 heteroatoms. The minimum absolute atomic E-state index is 0.464. The second-order valence-corrected chi connectivity index (χ2v) is 5.43. The number of carbonyl (C=O) groups is 1. The van der Waals surface area contributed by atoms with Crippen LogP contribution in [0, 0.1) is 5.92 Å². The van der Waals surface area contributed by atoms with Gasteiger partial charge in [-0.2, -0.15) is 0 Å². The van der Waals surface area contributed by atoms with Gasteiger partial charge in [-0.1, -0.05) is 30.3 Å². The van der Waals surface area contributed by atoms with Crippen LogP contribution in [-0.2, 0) is 11.2 Å². The number of rotatable bonds is 2. The van der Waals surface area contributed by atoms with Gasteiger partial charge in [-0.15, -0.1) is 0 Å². The summed E-state index contributed by atoms with van der Waals surface area (Å²) >= 11 is 0. The largest absolute Gasteiger partial charge is 0.300 e. The molecule has 17 heavy (non-hydrogen) atoms. The highest BCUT2D eigenvalue weighted by Crippen LogP contribution is 2.31. The number of hydrogen-bond donors (Lipinski definition) is 0. The average Bonchev–Trinajstić information content (AvgIpc) is 2.71. The number of Topliss-reactive ketones (excluding diaryl/α,β-unsaturated/α-hetero) is 1. The Morgan fingerprint density at radius 2 is 2.06 bits per heavy atom. The van der Waals surface area contributed by atoms with Crippen molar-refractivity contribution in [2.24, 2.45) is 5.92 Å². The molecule has 90 valence electrons. The first-order valence-electron chi connectivity index (χ1n) is 6.61. The zero-order valence-electron chi connectivity index (χ0n) is 10.1. The van der Waals surface area contributed by atoms with E-state index in [1.54, 1.807) is 0 Å². The molecule has 2 nitrogen and oxygen atoms in total. The standard InChI is InChI=1S/C15H19NO/c17-15-6-7-16-11-13(9-14(16)10-15)8-12-4-2-1-3-5-12/h1-5,13-14H,6-11H2/t13-,14-/m0/s1. The lowest BCUT2D eigenvalue weighted by atomic mass is 9.94. The molecule has 0 spiro atoms. The molecule has 0 bridgehead atoms. The Labute approximate surface area is 103 Å². The maximum Gasteiger partial charge on any atom is 0.135 e. The SMILES string of the molecule is O=C1CCN2C[C@@H](Cc3ccccc3)C[C@H]2C1. The molecule has 0 aliphatic carbocycles. The van der Waals surface area contributed by atoms with Crippen LogP contribution >= 0.6 is 0 Å². The van der Waals surface area contributed by atoms with E-state index in [4.69, 9.17) is 0 Å². The molecule has 2 saturated heterocycles. The molecule has 0 saturated carbocycles. The maximum atomic E-state index is 11.4. The number of carbonyl (C=O) groups excluding carboxylic acids is 1. The molecule has 1 aromatic rings. The molecular weight excluding hydrogens is 210 g/mol. The summed E-state index contributed by atoms with van der Waals surface area (Å²) in [6.07, 6.45) is 3.95. The molecule has 2 atom stereocenters. The van der Waals surface area contributed by atoms with E-state index in [0.717, 1.165) is 25.3 Å². The summed E-state index contributed by atoms with van der Waals surface area (Å²) in [4.78, 5) is 14.0. The third kappa shape index (κ3) is 2.42. The van der Waals surface area contributed by atoms with Gasteiger partial charge in [-0.25, -0.2) is 0 Å². The minimum atomic E-state index is 0.464. The molecule has 1 aromatic carbocycles. The molecule has 3 rings (SSSR count). The quantitative estimate of drug-likeness (QED) is 0.775. The molecule has 2 heterocycles. The van der Waals surface area contributed by atoms with Crippen molar-refractivity contribution in [3.05, 3.63) is 35.9 Å². The number of ketones is 1. The van der Waals surface area contributed by atoms with Crippen LogP contribution in [-0.4, -0.2) is 29.8 Å². The highest BCUT2D eigenvalue weighted by Gasteiger charge is 2.35. The van der Waals surface area contributed by atoms with Gasteiger partial charge in [0.25, 0.3) is 0 Å². The molecule has 0 radical (unpaired) electrons. The average molecular weight is 229 g/mol. The van der Waals surface area contributed by atoms with Gasteiger partial charge in [0.05, 0.1) is 0 Å². The first-order valence-corrected chi connectivity index (χ1v) is 6.61. The molecule has 0 amide bonds. The minimum Gasteiger partial charge on any atom is -0.300 e. The fourth-order valence-electron chi connectivity index (χ4n) is 3.30. The monoisotopic (exact) mass is 229 g/mol. The Morgan fingerprint density at radius 3 is 2.88 bits per heavy atom. The van der Waals surface area contributed by atoms with Gasteiger partial charge in [0.1, 0.15) is 5.78 Å². The van der Waals surface area contributed by atoms with E-state index in [0.29, 0.717) is 11.8 Å². The predicted molar refractivity (Wildman–Crippen MR) is 67.9 cm³/mol. The topological polar surface area (TPSA) is 20.3 Å². The van der Waals surface area contributed by atoms with E-state index < -0.39 is 0 Å². The van der Waals surface area contributed by atoms with Crippen molar-refractivity contribution in [2.75, 3.05) is 13.1 Å². The third-order valence-corrected chi connectivity index (χ3v) is 4.12. The van der Waals surface area contributed by atoms with Gasteiger partial charge < -0.3 is 0 Å². The number of hydrogen-bond acceptors (Lipinski definition) is 2. The lowest BCUT2D eigenvalue weighted by molar-refractivity contribution is -0.122. The van der Waals surface area contributed by atoms with Gasteiger partial charge in [-0.05, 0) is 24.3 Å². The summed E-state index contributed by atoms with van der Waals surface area (Å²) in [5, 5.41) is 0. The van der Waals surface area contributed by atoms with E-state index in [1.807, 2.05) is 0 Å². The smallest absolute Gasteiger partial charge is 0.135 e. The van der Waals surface area contributed by atoms with Crippen LogP contribution in [0.1, 0.15) is 24.8 Å². The Hall–Kier alpha value is -1.15. The Kier molecular flexibility index (Phi) is 2.98. The summed E-state index contributed by atoms with van der Waals surface area (Å²) in [6, 6.07) is 11.3. The molecule has 0 aromatic heterocycles. The van der Waals surface area contributed by atoms with Crippen molar-refractivity contribution in [1.29, 1.82) is 0 Å². The van der Waals surface area contributed by atoms with Crippen molar-refractivity contribution < 1.29 is 4.79 Å². The zero-order chi connectivity index (χ0) is 11.7. The lowest BCUT2D eigenvalue weighted by Gasteiger charge is -2.27. The highest BCUT2D eigenvalue weighted by atomic mass is 16.1. The van der Waals surface area contributed by atoms with Crippen LogP contribution in [0.4, 0.5) is 0 Å². The van der Waals surface area contributed by atoms with Crippen LogP contribution in [0.3, 0.4) is 0 Å². The number of nitrogens with zero attached hydrogens (tertiary/aromatic N) is 1. The molecule has 2 aliphatic heterocycles. The molecule has 0 N–H and O–H groups in total. The first kappa shape index (κ1) is 11.0. The fraction of sp³-hybridized carbons (Fsp3) is 0.533. The van der Waals surface area contributed by atoms with Gasteiger partial charge in [0.15, 0.2) is 0 Å². The van der Waals surface area contributed by atoms with Crippen molar-refractivity contribution >= 4 is 5.78 Å². The summed E-state index contributed by atoms with van der Waals surface area (Å²) in [5.41, 5.74) is 1.43. The van der Waals surface area contributed by atoms with Crippen LogP contribution in [0.5, 0.6) is 0 Å². The van der Waals surface area contributed by atoms with Gasteiger partial charge in [0, 0.05) is 32.0 Å². The zero-order valence-corrected chi connectivity index (χ0v) is 10.1. The van der Waals surface area contributed by atoms with Gasteiger partial charge in [-0.3, -0.25) is 9.69 Å². The van der Waals surface area contributed by atoms with Crippen molar-refractivity contribution in [3.8, 4) is 0 Å². The molecular formula is C15H19NO. The Morgan fingerprint density at radius 1 is 1.24 bits per heavy atom. The van der Waals surface area contributed by atoms with Crippen LogP contribution in [0.25, 0.3) is 0 Å². The molecule has 0 unspecified atom stereocenters. The van der Waals surface area contributed by atoms with E-state index in [2.05, 4.69) is 35.2 Å². The van der Waals surface area contributed by atoms with E-state index in [-0.39, 0.29) is 0 Å². The van der Waals surface area contributed by atoms with Gasteiger partial charge >= 0.3 is 0 Å². The maximum absolute atomic E-state index is 11.4. The third-order valence-electron chi connectivity index (χ3n) is 4.12. The Bertz CT molecular complexity index is 401. The van der Waals surface area contributed by atoms with Crippen LogP contribution in [0.15, 0.2) is 30.3 Å². The first-order chi connectivity index (χ1) is 8.31. The number of fused-ring (bicyclic) bond motifs is 1. The predicted octanol–water partition coefficient (Wildman–Crippen LogP) is 2.28. The van der Waals surface area contributed by atoms with E-state index in [9.17, 15) is 4.79 Å². The highest BCUT2D eigenvalue weighted by molar-refractivity contribution is 5.80.